The van der Waals surface area contributed by atoms with E-state index in [9.17, 15) is 4.79 Å². The van der Waals surface area contributed by atoms with Crippen molar-refractivity contribution >= 4 is 17.5 Å². The lowest BCUT2D eigenvalue weighted by Crippen LogP contribution is -2.50. The zero-order valence-electron chi connectivity index (χ0n) is 16.6. The highest BCUT2D eigenvalue weighted by Crippen LogP contribution is 2.27. The molecule has 0 aromatic carbocycles. The first-order valence-electron chi connectivity index (χ1n) is 10.9. The Bertz CT molecular complexity index is 620. The lowest BCUT2D eigenvalue weighted by molar-refractivity contribution is -0.136. The maximum Gasteiger partial charge on any atom is 0.225 e. The lowest BCUT2D eigenvalue weighted by Gasteiger charge is -2.38. The minimum Gasteiger partial charge on any atom is -0.352 e. The molecule has 1 aromatic heterocycles. The fourth-order valence-electron chi connectivity index (χ4n) is 4.84. The van der Waals surface area contributed by atoms with E-state index in [0.29, 0.717) is 11.9 Å². The number of rotatable bonds is 3. The first kappa shape index (κ1) is 18.5. The molecule has 2 saturated heterocycles. The van der Waals surface area contributed by atoms with Crippen LogP contribution in [0.25, 0.3) is 0 Å². The van der Waals surface area contributed by atoms with Gasteiger partial charge in [-0.05, 0) is 51.2 Å². The Hall–Kier alpha value is -1.85. The van der Waals surface area contributed by atoms with Crippen molar-refractivity contribution in [2.45, 2.75) is 64.3 Å². The molecule has 3 aliphatic rings. The molecule has 1 atom stereocenters. The van der Waals surface area contributed by atoms with Crippen molar-refractivity contribution in [2.75, 3.05) is 42.5 Å². The summed E-state index contributed by atoms with van der Waals surface area (Å²) in [5.41, 5.74) is 0. The second-order valence-electron chi connectivity index (χ2n) is 8.44. The molecule has 0 N–H and O–H groups in total. The molecule has 4 rings (SSSR count). The van der Waals surface area contributed by atoms with Gasteiger partial charge in [-0.2, -0.15) is 0 Å². The molecule has 27 heavy (non-hydrogen) atoms. The summed E-state index contributed by atoms with van der Waals surface area (Å²) in [6.07, 6.45) is 9.68. The molecule has 6 nitrogen and oxygen atoms in total. The summed E-state index contributed by atoms with van der Waals surface area (Å²) in [7, 11) is 0. The number of carbonyl (C=O) groups is 1. The summed E-state index contributed by atoms with van der Waals surface area (Å²) < 4.78 is 0. The average Bonchev–Trinajstić information content (AvgIpc) is 2.74. The maximum absolute atomic E-state index is 12.7. The third-order valence-electron chi connectivity index (χ3n) is 6.60. The zero-order valence-corrected chi connectivity index (χ0v) is 16.6. The van der Waals surface area contributed by atoms with E-state index in [2.05, 4.69) is 44.0 Å². The number of anilines is 2. The van der Waals surface area contributed by atoms with Gasteiger partial charge in [0.1, 0.15) is 0 Å². The van der Waals surface area contributed by atoms with Crippen LogP contribution >= 0.6 is 0 Å². The smallest absolute Gasteiger partial charge is 0.225 e. The fraction of sp³-hybridized carbons (Fsp3) is 0.762. The van der Waals surface area contributed by atoms with Gasteiger partial charge in [0.25, 0.3) is 0 Å². The summed E-state index contributed by atoms with van der Waals surface area (Å²) in [6.45, 7) is 6.68. The van der Waals surface area contributed by atoms with Crippen molar-refractivity contribution in [3.8, 4) is 0 Å². The number of piperidine rings is 1. The minimum absolute atomic E-state index is 0.274. The lowest BCUT2D eigenvalue weighted by atomic mass is 9.88. The van der Waals surface area contributed by atoms with Crippen molar-refractivity contribution < 1.29 is 4.79 Å². The molecule has 2 aliphatic heterocycles. The molecule has 3 heterocycles. The third kappa shape index (κ3) is 4.19. The minimum atomic E-state index is 0.274. The van der Waals surface area contributed by atoms with Crippen LogP contribution in [0.2, 0.25) is 0 Å². The van der Waals surface area contributed by atoms with Crippen LogP contribution in [0, 0.1) is 5.92 Å². The van der Waals surface area contributed by atoms with Crippen molar-refractivity contribution in [1.82, 2.24) is 15.1 Å². The standard InChI is InChI=1S/C21H33N5O/c1-17-7-5-6-12-26(17)20-11-10-19(22-23-20)24-13-15-25(16-14-24)21(27)18-8-3-2-4-9-18/h10-11,17-18H,2-9,12-16H2,1H3/t17-/m0/s1. The van der Waals surface area contributed by atoms with Crippen molar-refractivity contribution in [3.05, 3.63) is 12.1 Å². The van der Waals surface area contributed by atoms with Gasteiger partial charge in [0.2, 0.25) is 5.91 Å². The second kappa shape index (κ2) is 8.44. The normalized spacial score (nSPS) is 24.9. The molecule has 0 spiro atoms. The van der Waals surface area contributed by atoms with E-state index >= 15 is 0 Å². The Morgan fingerprint density at radius 1 is 0.852 bits per heavy atom. The van der Waals surface area contributed by atoms with E-state index in [4.69, 9.17) is 0 Å². The van der Waals surface area contributed by atoms with Gasteiger partial charge >= 0.3 is 0 Å². The first-order valence-corrected chi connectivity index (χ1v) is 10.9. The number of carbonyl (C=O) groups excluding carboxylic acids is 1. The number of nitrogens with zero attached hydrogens (tertiary/aromatic N) is 5. The van der Waals surface area contributed by atoms with Gasteiger partial charge in [-0.15, -0.1) is 10.2 Å². The van der Waals surface area contributed by atoms with Gasteiger partial charge in [0, 0.05) is 44.7 Å². The van der Waals surface area contributed by atoms with Crippen molar-refractivity contribution in [1.29, 1.82) is 0 Å². The molecule has 6 heteroatoms. The average molecular weight is 372 g/mol. The number of hydrogen-bond acceptors (Lipinski definition) is 5. The van der Waals surface area contributed by atoms with Crippen LogP contribution in [0.15, 0.2) is 12.1 Å². The maximum atomic E-state index is 12.7. The summed E-state index contributed by atoms with van der Waals surface area (Å²) in [6, 6.07) is 4.76. The quantitative estimate of drug-likeness (QED) is 0.817. The monoisotopic (exact) mass is 371 g/mol. The van der Waals surface area contributed by atoms with Crippen LogP contribution in [-0.2, 0) is 4.79 Å². The molecule has 148 valence electrons. The number of aromatic nitrogens is 2. The molecule has 1 amide bonds. The Balaban J connectivity index is 1.32. The number of piperazine rings is 1. The van der Waals surface area contributed by atoms with Gasteiger partial charge in [-0.1, -0.05) is 19.3 Å². The Labute approximate surface area is 162 Å². The molecule has 1 saturated carbocycles. The SMILES string of the molecule is C[C@H]1CCCCN1c1ccc(N2CCN(C(=O)C3CCCCC3)CC2)nn1. The van der Waals surface area contributed by atoms with E-state index in [0.717, 1.165) is 57.2 Å². The molecular weight excluding hydrogens is 338 g/mol. The topological polar surface area (TPSA) is 52.6 Å². The predicted molar refractivity (Wildman–Crippen MR) is 108 cm³/mol. The van der Waals surface area contributed by atoms with Gasteiger partial charge in [-0.25, -0.2) is 0 Å². The van der Waals surface area contributed by atoms with E-state index in [1.165, 1.54) is 38.5 Å². The van der Waals surface area contributed by atoms with Crippen LogP contribution in [0.3, 0.4) is 0 Å². The molecule has 0 radical (unpaired) electrons. The van der Waals surface area contributed by atoms with Gasteiger partial charge in [0.15, 0.2) is 11.6 Å². The molecular formula is C21H33N5O. The molecule has 0 bridgehead atoms. The number of amides is 1. The summed E-state index contributed by atoms with van der Waals surface area (Å²) in [5, 5.41) is 9.01. The van der Waals surface area contributed by atoms with Crippen LogP contribution in [-0.4, -0.2) is 59.8 Å². The van der Waals surface area contributed by atoms with Crippen molar-refractivity contribution in [2.24, 2.45) is 5.92 Å². The first-order chi connectivity index (χ1) is 13.2. The molecule has 3 fully saturated rings. The predicted octanol–water partition coefficient (Wildman–Crippen LogP) is 3.08. The van der Waals surface area contributed by atoms with Crippen LogP contribution in [0.1, 0.15) is 58.3 Å². The highest BCUT2D eigenvalue weighted by atomic mass is 16.2. The Morgan fingerprint density at radius 2 is 1.52 bits per heavy atom. The second-order valence-corrected chi connectivity index (χ2v) is 8.44. The fourth-order valence-corrected chi connectivity index (χ4v) is 4.84. The Morgan fingerprint density at radius 3 is 2.19 bits per heavy atom. The van der Waals surface area contributed by atoms with Gasteiger partial charge < -0.3 is 14.7 Å². The van der Waals surface area contributed by atoms with E-state index in [-0.39, 0.29) is 5.92 Å². The molecule has 1 aliphatic carbocycles. The van der Waals surface area contributed by atoms with Crippen LogP contribution < -0.4 is 9.80 Å². The van der Waals surface area contributed by atoms with Gasteiger partial charge in [0.05, 0.1) is 0 Å². The largest absolute Gasteiger partial charge is 0.352 e. The highest BCUT2D eigenvalue weighted by Gasteiger charge is 2.29. The highest BCUT2D eigenvalue weighted by molar-refractivity contribution is 5.79. The molecule has 0 unspecified atom stereocenters. The zero-order chi connectivity index (χ0) is 18.6. The summed E-state index contributed by atoms with van der Waals surface area (Å²) >= 11 is 0. The van der Waals surface area contributed by atoms with Gasteiger partial charge in [-0.3, -0.25) is 4.79 Å². The van der Waals surface area contributed by atoms with Crippen molar-refractivity contribution in [3.63, 3.8) is 0 Å². The summed E-state index contributed by atoms with van der Waals surface area (Å²) in [4.78, 5) is 19.4. The van der Waals surface area contributed by atoms with Crippen LogP contribution in [0.4, 0.5) is 11.6 Å². The summed E-state index contributed by atoms with van der Waals surface area (Å²) in [5.74, 6) is 2.59. The Kier molecular flexibility index (Phi) is 5.79. The third-order valence-corrected chi connectivity index (χ3v) is 6.60. The number of hydrogen-bond donors (Lipinski definition) is 0. The molecule has 1 aromatic rings. The van der Waals surface area contributed by atoms with Crippen LogP contribution in [0.5, 0.6) is 0 Å². The van der Waals surface area contributed by atoms with E-state index < -0.39 is 0 Å². The van der Waals surface area contributed by atoms with E-state index in [1.807, 2.05) is 0 Å². The van der Waals surface area contributed by atoms with E-state index in [1.54, 1.807) is 0 Å².